The van der Waals surface area contributed by atoms with E-state index in [1.165, 1.54) is 12.8 Å². The molecule has 0 aromatic heterocycles. The molecule has 1 fully saturated rings. The minimum atomic E-state index is -3.09. The van der Waals surface area contributed by atoms with Crippen LogP contribution in [-0.2, 0) is 10.0 Å². The highest BCUT2D eigenvalue weighted by molar-refractivity contribution is 7.98. The number of hydrogen-bond acceptors (Lipinski definition) is 4. The van der Waals surface area contributed by atoms with Crippen LogP contribution in [0.3, 0.4) is 0 Å². The minimum Gasteiger partial charge on any atom is -0.314 e. The van der Waals surface area contributed by atoms with Gasteiger partial charge >= 0.3 is 0 Å². The molecule has 0 radical (unpaired) electrons. The largest absolute Gasteiger partial charge is 0.314 e. The lowest BCUT2D eigenvalue weighted by Crippen LogP contribution is -2.37. The standard InChI is InChI=1S/C12H26N2O2S2/c1-3-11(10-17-2)14-18(15,16)9-5-4-8-13-12-6-7-12/h11-14H,3-10H2,1-2H3. The first-order valence-electron chi connectivity index (χ1n) is 6.79. The molecule has 1 unspecified atom stereocenters. The molecule has 1 atom stereocenters. The van der Waals surface area contributed by atoms with E-state index in [0.29, 0.717) is 6.04 Å². The molecule has 4 nitrogen and oxygen atoms in total. The van der Waals surface area contributed by atoms with Crippen LogP contribution in [0.15, 0.2) is 0 Å². The molecular formula is C12H26N2O2S2. The van der Waals surface area contributed by atoms with Crippen molar-refractivity contribution in [2.24, 2.45) is 0 Å². The lowest BCUT2D eigenvalue weighted by molar-refractivity contribution is 0.552. The van der Waals surface area contributed by atoms with Gasteiger partial charge in [-0.3, -0.25) is 0 Å². The number of rotatable bonds is 11. The molecule has 0 aliphatic heterocycles. The average Bonchev–Trinajstić information content (AvgIpc) is 3.11. The lowest BCUT2D eigenvalue weighted by Gasteiger charge is -2.15. The second-order valence-corrected chi connectivity index (χ2v) is 7.72. The zero-order valence-electron chi connectivity index (χ0n) is 11.4. The van der Waals surface area contributed by atoms with Crippen molar-refractivity contribution in [1.29, 1.82) is 0 Å². The Morgan fingerprint density at radius 3 is 2.61 bits per heavy atom. The SMILES string of the molecule is CCC(CSC)NS(=O)(=O)CCCCNC1CC1. The van der Waals surface area contributed by atoms with Crippen LogP contribution in [0.5, 0.6) is 0 Å². The molecule has 2 N–H and O–H groups in total. The fourth-order valence-electron chi connectivity index (χ4n) is 1.76. The van der Waals surface area contributed by atoms with Gasteiger partial charge in [-0.15, -0.1) is 0 Å². The van der Waals surface area contributed by atoms with E-state index < -0.39 is 10.0 Å². The zero-order valence-corrected chi connectivity index (χ0v) is 13.1. The van der Waals surface area contributed by atoms with Crippen LogP contribution in [0.2, 0.25) is 0 Å². The molecule has 0 bridgehead atoms. The molecule has 6 heteroatoms. The van der Waals surface area contributed by atoms with Gasteiger partial charge in [0.1, 0.15) is 0 Å². The first-order valence-corrected chi connectivity index (χ1v) is 9.84. The first-order chi connectivity index (χ1) is 8.57. The lowest BCUT2D eigenvalue weighted by atomic mass is 10.3. The number of sulfonamides is 1. The maximum atomic E-state index is 11.8. The first kappa shape index (κ1) is 16.3. The van der Waals surface area contributed by atoms with Gasteiger partial charge in [-0.2, -0.15) is 11.8 Å². The highest BCUT2D eigenvalue weighted by Crippen LogP contribution is 2.18. The van der Waals surface area contributed by atoms with Crippen LogP contribution in [0.4, 0.5) is 0 Å². The molecule has 0 aromatic rings. The third-order valence-corrected chi connectivity index (χ3v) is 5.31. The Labute approximate surface area is 116 Å². The summed E-state index contributed by atoms with van der Waals surface area (Å²) >= 11 is 1.68. The summed E-state index contributed by atoms with van der Waals surface area (Å²) in [5, 5.41) is 3.40. The zero-order chi connectivity index (χ0) is 13.4. The van der Waals surface area contributed by atoms with Gasteiger partial charge in [-0.25, -0.2) is 13.1 Å². The molecule has 1 rings (SSSR count). The van der Waals surface area contributed by atoms with Crippen molar-refractivity contribution in [2.45, 2.75) is 51.1 Å². The molecular weight excluding hydrogens is 268 g/mol. The van der Waals surface area contributed by atoms with Crippen LogP contribution in [0.25, 0.3) is 0 Å². The monoisotopic (exact) mass is 294 g/mol. The molecule has 18 heavy (non-hydrogen) atoms. The maximum absolute atomic E-state index is 11.8. The van der Waals surface area contributed by atoms with Crippen molar-refractivity contribution in [3.05, 3.63) is 0 Å². The van der Waals surface area contributed by atoms with Crippen LogP contribution in [0, 0.1) is 0 Å². The summed E-state index contributed by atoms with van der Waals surface area (Å²) in [6, 6.07) is 0.792. The smallest absolute Gasteiger partial charge is 0.211 e. The van der Waals surface area contributed by atoms with E-state index in [1.54, 1.807) is 11.8 Å². The molecule has 0 aromatic carbocycles. The van der Waals surface area contributed by atoms with Gasteiger partial charge in [0.15, 0.2) is 0 Å². The molecule has 0 amide bonds. The third-order valence-electron chi connectivity index (χ3n) is 3.06. The van der Waals surface area contributed by atoms with Gasteiger partial charge < -0.3 is 5.32 Å². The summed E-state index contributed by atoms with van der Waals surface area (Å²) in [6.45, 7) is 2.96. The third kappa shape index (κ3) is 7.61. The van der Waals surface area contributed by atoms with Gasteiger partial charge in [0.05, 0.1) is 5.75 Å². The van der Waals surface area contributed by atoms with E-state index in [1.807, 2.05) is 13.2 Å². The summed E-state index contributed by atoms with van der Waals surface area (Å²) in [4.78, 5) is 0. The Morgan fingerprint density at radius 2 is 2.06 bits per heavy atom. The summed E-state index contributed by atoms with van der Waals surface area (Å²) in [6.07, 6.45) is 7.10. The summed E-state index contributed by atoms with van der Waals surface area (Å²) in [5.41, 5.74) is 0. The Balaban J connectivity index is 2.12. The fraction of sp³-hybridized carbons (Fsp3) is 1.00. The Kier molecular flexibility index (Phi) is 7.60. The highest BCUT2D eigenvalue weighted by atomic mass is 32.2. The second-order valence-electron chi connectivity index (χ2n) is 4.93. The van der Waals surface area contributed by atoms with Gasteiger partial charge in [-0.05, 0) is 44.9 Å². The normalized spacial score (nSPS) is 17.9. The number of thioether (sulfide) groups is 1. The summed E-state index contributed by atoms with van der Waals surface area (Å²) in [7, 11) is -3.09. The van der Waals surface area contributed by atoms with E-state index in [9.17, 15) is 8.42 Å². The van der Waals surface area contributed by atoms with Crippen molar-refractivity contribution < 1.29 is 8.42 Å². The topological polar surface area (TPSA) is 58.2 Å². The van der Waals surface area contributed by atoms with Gasteiger partial charge in [0, 0.05) is 17.8 Å². The molecule has 0 saturated heterocycles. The molecule has 1 aliphatic carbocycles. The van der Waals surface area contributed by atoms with Crippen molar-refractivity contribution in [3.8, 4) is 0 Å². The van der Waals surface area contributed by atoms with E-state index in [0.717, 1.165) is 31.6 Å². The Bertz CT molecular complexity index is 316. The van der Waals surface area contributed by atoms with Crippen molar-refractivity contribution >= 4 is 21.8 Å². The number of nitrogens with one attached hydrogen (secondary N) is 2. The minimum absolute atomic E-state index is 0.0783. The highest BCUT2D eigenvalue weighted by Gasteiger charge is 2.20. The number of hydrogen-bond donors (Lipinski definition) is 2. The van der Waals surface area contributed by atoms with Crippen LogP contribution in [0.1, 0.15) is 39.0 Å². The van der Waals surface area contributed by atoms with Gasteiger partial charge in [0.25, 0.3) is 0 Å². The predicted molar refractivity (Wildman–Crippen MR) is 79.6 cm³/mol. The quantitative estimate of drug-likeness (QED) is 0.568. The van der Waals surface area contributed by atoms with Crippen LogP contribution >= 0.6 is 11.8 Å². The molecule has 0 heterocycles. The van der Waals surface area contributed by atoms with Crippen molar-refractivity contribution in [2.75, 3.05) is 24.3 Å². The molecule has 1 aliphatic rings. The van der Waals surface area contributed by atoms with Crippen molar-refractivity contribution in [1.82, 2.24) is 10.0 Å². The van der Waals surface area contributed by atoms with Crippen LogP contribution < -0.4 is 10.0 Å². The summed E-state index contributed by atoms with van der Waals surface area (Å²) in [5.74, 6) is 1.10. The van der Waals surface area contributed by atoms with Crippen molar-refractivity contribution in [3.63, 3.8) is 0 Å². The maximum Gasteiger partial charge on any atom is 0.211 e. The van der Waals surface area contributed by atoms with E-state index in [-0.39, 0.29) is 11.8 Å². The van der Waals surface area contributed by atoms with E-state index in [2.05, 4.69) is 10.0 Å². The van der Waals surface area contributed by atoms with Gasteiger partial charge in [-0.1, -0.05) is 6.92 Å². The molecule has 108 valence electrons. The fourth-order valence-corrected chi connectivity index (χ4v) is 4.05. The second kappa shape index (κ2) is 8.40. The Hall–Kier alpha value is 0.220. The van der Waals surface area contributed by atoms with E-state index >= 15 is 0 Å². The average molecular weight is 294 g/mol. The Morgan fingerprint density at radius 1 is 1.33 bits per heavy atom. The molecule has 1 saturated carbocycles. The number of unbranched alkanes of at least 4 members (excludes halogenated alkanes) is 1. The van der Waals surface area contributed by atoms with Crippen LogP contribution in [-0.4, -0.2) is 44.8 Å². The van der Waals surface area contributed by atoms with E-state index in [4.69, 9.17) is 0 Å². The molecule has 0 spiro atoms. The van der Waals surface area contributed by atoms with Gasteiger partial charge in [0.2, 0.25) is 10.0 Å². The predicted octanol–water partition coefficient (Wildman–Crippen LogP) is 1.58. The summed E-state index contributed by atoms with van der Waals surface area (Å²) < 4.78 is 26.5.